The van der Waals surface area contributed by atoms with Crippen molar-refractivity contribution >= 4 is 15.9 Å². The van der Waals surface area contributed by atoms with Crippen LogP contribution in [0.2, 0.25) is 0 Å². The Hall–Kier alpha value is -2.87. The highest BCUT2D eigenvalue weighted by molar-refractivity contribution is 7.89. The van der Waals surface area contributed by atoms with E-state index in [9.17, 15) is 32.6 Å². The number of benzene rings is 1. The molecule has 2 aromatic rings. The first kappa shape index (κ1) is 24.3. The molecule has 2 aliphatic rings. The van der Waals surface area contributed by atoms with E-state index in [0.717, 1.165) is 16.4 Å². The van der Waals surface area contributed by atoms with Gasteiger partial charge >= 0.3 is 0 Å². The maximum atomic E-state index is 13.9. The predicted molar refractivity (Wildman–Crippen MR) is 116 cm³/mol. The van der Waals surface area contributed by atoms with Crippen LogP contribution in [0.3, 0.4) is 0 Å². The van der Waals surface area contributed by atoms with Crippen LogP contribution in [0.5, 0.6) is 5.75 Å². The molecule has 4 rings (SSSR count). The number of carbonyl (C=O) groups excluding carboxylic acids is 1. The number of aliphatic hydroxyl groups is 1. The molecule has 3 heterocycles. The maximum absolute atomic E-state index is 13.9. The summed E-state index contributed by atoms with van der Waals surface area (Å²) in [5.74, 6) is -2.36. The molecular formula is C21H25FN4O7S. The van der Waals surface area contributed by atoms with Crippen LogP contribution < -0.4 is 10.9 Å². The minimum atomic E-state index is -4.13. The first-order chi connectivity index (χ1) is 15.9. The van der Waals surface area contributed by atoms with Gasteiger partial charge in [0.2, 0.25) is 15.8 Å². The third kappa shape index (κ3) is 4.31. The number of halogens is 1. The van der Waals surface area contributed by atoms with E-state index in [4.69, 9.17) is 4.74 Å². The SMILES string of the molecule is CC1(C)OCCn2c1nc(C(=O)NCc1ccc(F)cc1S(=O)(=O)N1CCC(O)C1)c(O)c2=O. The molecule has 34 heavy (non-hydrogen) atoms. The van der Waals surface area contributed by atoms with Gasteiger partial charge in [-0.2, -0.15) is 4.31 Å². The van der Waals surface area contributed by atoms with E-state index < -0.39 is 50.5 Å². The monoisotopic (exact) mass is 496 g/mol. The summed E-state index contributed by atoms with van der Waals surface area (Å²) in [6.07, 6.45) is -0.545. The Bertz CT molecular complexity index is 1310. The van der Waals surface area contributed by atoms with Gasteiger partial charge in [0, 0.05) is 19.6 Å². The van der Waals surface area contributed by atoms with Gasteiger partial charge in [-0.25, -0.2) is 17.8 Å². The van der Waals surface area contributed by atoms with Gasteiger partial charge in [0.25, 0.3) is 11.5 Å². The summed E-state index contributed by atoms with van der Waals surface area (Å²) >= 11 is 0. The standard InChI is InChI=1S/C21H25FN4O7S/c1-21(2)20-24-16(17(28)19(30)26(20)7-8-33-21)18(29)23-10-12-3-4-13(22)9-15(12)34(31,32)25-6-5-14(27)11-25/h3-4,9,14,27-28H,5-8,10-11H2,1-2H3,(H,23,29). The van der Waals surface area contributed by atoms with E-state index in [1.165, 1.54) is 10.6 Å². The number of hydrogen-bond donors (Lipinski definition) is 3. The lowest BCUT2D eigenvalue weighted by atomic mass is 10.1. The van der Waals surface area contributed by atoms with E-state index in [0.29, 0.717) is 0 Å². The van der Waals surface area contributed by atoms with Gasteiger partial charge in [-0.05, 0) is 38.0 Å². The van der Waals surface area contributed by atoms with E-state index in [1.807, 2.05) is 0 Å². The number of aliphatic hydroxyl groups excluding tert-OH is 1. The Morgan fingerprint density at radius 1 is 1.35 bits per heavy atom. The smallest absolute Gasteiger partial charge is 0.296 e. The number of ether oxygens (including phenoxy) is 1. The quantitative estimate of drug-likeness (QED) is 0.525. The molecule has 1 atom stereocenters. The van der Waals surface area contributed by atoms with Gasteiger partial charge in [0.05, 0.1) is 24.2 Å². The summed E-state index contributed by atoms with van der Waals surface area (Å²) in [4.78, 5) is 29.2. The normalized spacial score (nSPS) is 20.2. The highest BCUT2D eigenvalue weighted by atomic mass is 32.2. The molecule has 2 aliphatic heterocycles. The fourth-order valence-corrected chi connectivity index (χ4v) is 5.79. The van der Waals surface area contributed by atoms with Crippen LogP contribution in [0.4, 0.5) is 4.39 Å². The number of carbonyl (C=O) groups is 1. The predicted octanol–water partition coefficient (Wildman–Crippen LogP) is 0.0386. The second kappa shape index (κ2) is 8.73. The number of sulfonamides is 1. The van der Waals surface area contributed by atoms with Gasteiger partial charge in [-0.1, -0.05) is 6.07 Å². The fraction of sp³-hybridized carbons (Fsp3) is 0.476. The third-order valence-corrected chi connectivity index (χ3v) is 7.84. The Kier molecular flexibility index (Phi) is 6.23. The summed E-state index contributed by atoms with van der Waals surface area (Å²) in [5.41, 5.74) is -2.19. The van der Waals surface area contributed by atoms with Crippen LogP contribution in [-0.4, -0.2) is 64.2 Å². The first-order valence-electron chi connectivity index (χ1n) is 10.6. The van der Waals surface area contributed by atoms with Crippen LogP contribution in [0.1, 0.15) is 42.1 Å². The molecule has 1 aromatic carbocycles. The lowest BCUT2D eigenvalue weighted by Crippen LogP contribution is -2.42. The molecule has 1 amide bonds. The average Bonchev–Trinajstić information content (AvgIpc) is 3.22. The first-order valence-corrected chi connectivity index (χ1v) is 12.1. The second-order valence-corrected chi connectivity index (χ2v) is 10.6. The number of nitrogens with one attached hydrogen (secondary N) is 1. The van der Waals surface area contributed by atoms with Crippen LogP contribution in [-0.2, 0) is 33.5 Å². The molecule has 1 saturated heterocycles. The highest BCUT2D eigenvalue weighted by Crippen LogP contribution is 2.28. The number of amides is 1. The molecule has 0 aliphatic carbocycles. The van der Waals surface area contributed by atoms with Crippen molar-refractivity contribution in [3.8, 4) is 5.75 Å². The number of hydrogen-bond acceptors (Lipinski definition) is 8. The van der Waals surface area contributed by atoms with E-state index >= 15 is 0 Å². The number of aromatic hydroxyl groups is 1. The van der Waals surface area contributed by atoms with Crippen molar-refractivity contribution in [2.45, 2.75) is 50.0 Å². The zero-order valence-corrected chi connectivity index (χ0v) is 19.4. The third-order valence-electron chi connectivity index (χ3n) is 5.89. The van der Waals surface area contributed by atoms with Crippen molar-refractivity contribution < 1.29 is 32.6 Å². The number of aromatic nitrogens is 2. The Morgan fingerprint density at radius 2 is 2.09 bits per heavy atom. The van der Waals surface area contributed by atoms with Crippen molar-refractivity contribution in [2.75, 3.05) is 19.7 Å². The van der Waals surface area contributed by atoms with Crippen molar-refractivity contribution in [1.29, 1.82) is 0 Å². The zero-order chi connectivity index (χ0) is 24.8. The molecule has 3 N–H and O–H groups in total. The second-order valence-electron chi connectivity index (χ2n) is 8.69. The van der Waals surface area contributed by atoms with Gasteiger partial charge < -0.3 is 20.3 Å². The molecule has 1 unspecified atom stereocenters. The zero-order valence-electron chi connectivity index (χ0n) is 18.6. The van der Waals surface area contributed by atoms with Gasteiger partial charge in [-0.15, -0.1) is 0 Å². The van der Waals surface area contributed by atoms with Gasteiger partial charge in [0.1, 0.15) is 17.2 Å². The summed E-state index contributed by atoms with van der Waals surface area (Å²) in [6, 6.07) is 3.13. The minimum Gasteiger partial charge on any atom is -0.501 e. The Balaban J connectivity index is 1.63. The summed E-state index contributed by atoms with van der Waals surface area (Å²) in [5, 5.41) is 22.5. The molecule has 0 radical (unpaired) electrons. The van der Waals surface area contributed by atoms with Gasteiger partial charge in [-0.3, -0.25) is 14.2 Å². The van der Waals surface area contributed by atoms with Crippen molar-refractivity contribution in [1.82, 2.24) is 19.2 Å². The highest BCUT2D eigenvalue weighted by Gasteiger charge is 2.35. The summed E-state index contributed by atoms with van der Waals surface area (Å²) in [6.45, 7) is 3.39. The van der Waals surface area contributed by atoms with Crippen molar-refractivity contribution in [3.05, 3.63) is 51.5 Å². The minimum absolute atomic E-state index is 0.0839. The van der Waals surface area contributed by atoms with E-state index in [1.54, 1.807) is 13.8 Å². The van der Waals surface area contributed by atoms with Crippen LogP contribution in [0.25, 0.3) is 0 Å². The fourth-order valence-electron chi connectivity index (χ4n) is 4.07. The maximum Gasteiger partial charge on any atom is 0.296 e. The van der Waals surface area contributed by atoms with Crippen LogP contribution in [0.15, 0.2) is 27.9 Å². The molecule has 0 bridgehead atoms. The van der Waals surface area contributed by atoms with E-state index in [2.05, 4.69) is 10.3 Å². The number of nitrogens with zero attached hydrogens (tertiary/aromatic N) is 3. The molecular weight excluding hydrogens is 471 g/mol. The molecule has 11 nitrogen and oxygen atoms in total. The lowest BCUT2D eigenvalue weighted by molar-refractivity contribution is -0.0566. The topological polar surface area (TPSA) is 151 Å². The van der Waals surface area contributed by atoms with Crippen LogP contribution >= 0.6 is 0 Å². The average molecular weight is 497 g/mol. The van der Waals surface area contributed by atoms with Crippen LogP contribution in [0, 0.1) is 5.82 Å². The lowest BCUT2D eigenvalue weighted by Gasteiger charge is -2.32. The molecule has 1 aromatic heterocycles. The molecule has 0 saturated carbocycles. The van der Waals surface area contributed by atoms with Crippen molar-refractivity contribution in [3.63, 3.8) is 0 Å². The van der Waals surface area contributed by atoms with E-state index in [-0.39, 0.29) is 55.5 Å². The Labute approximate surface area is 194 Å². The van der Waals surface area contributed by atoms with Crippen molar-refractivity contribution in [2.24, 2.45) is 0 Å². The largest absolute Gasteiger partial charge is 0.501 e. The number of rotatable bonds is 5. The summed E-state index contributed by atoms with van der Waals surface area (Å²) < 4.78 is 47.9. The summed E-state index contributed by atoms with van der Waals surface area (Å²) in [7, 11) is -4.13. The molecule has 184 valence electrons. The molecule has 0 spiro atoms. The molecule has 1 fully saturated rings. The number of fused-ring (bicyclic) bond motifs is 1. The van der Waals surface area contributed by atoms with Gasteiger partial charge in [0.15, 0.2) is 5.69 Å². The number of β-amino-alcohol motifs (C(OH)–C–C–N with tert-alkyl or cyclic N) is 1. The Morgan fingerprint density at radius 3 is 2.76 bits per heavy atom. The molecule has 13 heteroatoms.